The van der Waals surface area contributed by atoms with Crippen molar-refractivity contribution in [1.82, 2.24) is 4.98 Å². The van der Waals surface area contributed by atoms with Gasteiger partial charge in [0, 0.05) is 11.8 Å². The van der Waals surface area contributed by atoms with Gasteiger partial charge in [-0.15, -0.1) is 0 Å². The molecule has 0 saturated carbocycles. The Kier molecular flexibility index (Phi) is 7.69. The Morgan fingerprint density at radius 1 is 0.812 bits per heavy atom. The predicted molar refractivity (Wildman–Crippen MR) is 123 cm³/mol. The summed E-state index contributed by atoms with van der Waals surface area (Å²) >= 11 is 5.81. The fourth-order valence-corrected chi connectivity index (χ4v) is 2.48. The minimum atomic E-state index is -0.748. The minimum Gasteiger partial charge on any atom is -0.444 e. The number of rotatable bonds is 4. The van der Waals surface area contributed by atoms with Gasteiger partial charge in [-0.2, -0.15) is 0 Å². The molecule has 2 aromatic rings. The number of carbonyl (C=O) groups excluding carboxylic acids is 3. The summed E-state index contributed by atoms with van der Waals surface area (Å²) in [7, 11) is 0. The molecule has 172 valence electrons. The molecule has 10 heteroatoms. The van der Waals surface area contributed by atoms with E-state index in [0.29, 0.717) is 10.8 Å². The first-order valence-corrected chi connectivity index (χ1v) is 10.2. The lowest BCUT2D eigenvalue weighted by Crippen LogP contribution is -2.29. The van der Waals surface area contributed by atoms with Gasteiger partial charge in [-0.1, -0.05) is 11.6 Å². The lowest BCUT2D eigenvalue weighted by molar-refractivity contribution is 0.0620. The number of nitrogens with zero attached hydrogens (tertiary/aromatic N) is 1. The zero-order valence-corrected chi connectivity index (χ0v) is 19.6. The number of ether oxygens (including phenoxy) is 2. The van der Waals surface area contributed by atoms with Crippen LogP contribution >= 0.6 is 11.6 Å². The first-order chi connectivity index (χ1) is 14.7. The van der Waals surface area contributed by atoms with E-state index in [0.717, 1.165) is 0 Å². The maximum absolute atomic E-state index is 12.6. The number of nitrogens with one attached hydrogen (secondary N) is 3. The Balaban J connectivity index is 2.28. The standard InChI is InChI=1S/C22H27ClN4O5/c1-21(2,3)31-19(29)25-15-9-7-13(11-16(15)26-20(30)32-22(4,5)6)18(28)27-17-10-8-14(23)12-24-17/h7-12H,1-6H3,(H,25,29)(H,26,30)(H,24,27,28). The Morgan fingerprint density at radius 3 is 1.88 bits per heavy atom. The Bertz CT molecular complexity index is 995. The van der Waals surface area contributed by atoms with E-state index in [1.165, 1.54) is 24.4 Å². The molecule has 0 atom stereocenters. The zero-order chi connectivity index (χ0) is 24.1. The summed E-state index contributed by atoms with van der Waals surface area (Å²) < 4.78 is 10.5. The number of amides is 3. The molecule has 1 heterocycles. The number of carbonyl (C=O) groups is 3. The number of aromatic nitrogens is 1. The molecule has 2 rings (SSSR count). The minimum absolute atomic E-state index is 0.154. The Hall–Kier alpha value is -3.33. The number of halogens is 1. The van der Waals surface area contributed by atoms with Crippen LogP contribution in [-0.2, 0) is 9.47 Å². The highest BCUT2D eigenvalue weighted by Gasteiger charge is 2.21. The summed E-state index contributed by atoms with van der Waals surface area (Å²) in [5.74, 6) is -0.173. The predicted octanol–water partition coefficient (Wildman–Crippen LogP) is 5.68. The normalized spacial score (nSPS) is 11.3. The molecular weight excluding hydrogens is 436 g/mol. The van der Waals surface area contributed by atoms with Gasteiger partial charge in [-0.25, -0.2) is 14.6 Å². The third-order valence-corrected chi connectivity index (χ3v) is 3.75. The van der Waals surface area contributed by atoms with Gasteiger partial charge in [0.2, 0.25) is 0 Å². The van der Waals surface area contributed by atoms with E-state index in [2.05, 4.69) is 20.9 Å². The summed E-state index contributed by atoms with van der Waals surface area (Å²) in [5.41, 5.74) is -0.859. The third kappa shape index (κ3) is 8.43. The lowest BCUT2D eigenvalue weighted by atomic mass is 10.1. The maximum Gasteiger partial charge on any atom is 0.412 e. The third-order valence-electron chi connectivity index (χ3n) is 3.52. The fourth-order valence-electron chi connectivity index (χ4n) is 2.36. The van der Waals surface area contributed by atoms with Gasteiger partial charge in [0.25, 0.3) is 5.91 Å². The van der Waals surface area contributed by atoms with Crippen molar-refractivity contribution in [2.24, 2.45) is 0 Å². The molecule has 1 aromatic heterocycles. The molecule has 3 N–H and O–H groups in total. The van der Waals surface area contributed by atoms with E-state index in [-0.39, 0.29) is 16.9 Å². The highest BCUT2D eigenvalue weighted by molar-refractivity contribution is 6.30. The molecule has 0 unspecified atom stereocenters. The van der Waals surface area contributed by atoms with Gasteiger partial charge in [0.1, 0.15) is 17.0 Å². The van der Waals surface area contributed by atoms with Gasteiger partial charge in [-0.05, 0) is 71.9 Å². The van der Waals surface area contributed by atoms with Crippen LogP contribution in [0.2, 0.25) is 5.02 Å². The van der Waals surface area contributed by atoms with Crippen LogP contribution in [0.4, 0.5) is 26.8 Å². The van der Waals surface area contributed by atoms with Crippen LogP contribution in [0.5, 0.6) is 0 Å². The second kappa shape index (κ2) is 9.86. The van der Waals surface area contributed by atoms with Gasteiger partial charge in [0.05, 0.1) is 16.4 Å². The molecule has 1 aromatic carbocycles. The van der Waals surface area contributed by atoms with Crippen LogP contribution in [0, 0.1) is 0 Å². The second-order valence-corrected chi connectivity index (χ2v) is 9.27. The van der Waals surface area contributed by atoms with E-state index < -0.39 is 29.3 Å². The fraction of sp³-hybridized carbons (Fsp3) is 0.364. The molecule has 9 nitrogen and oxygen atoms in total. The van der Waals surface area contributed by atoms with Gasteiger partial charge in [-0.3, -0.25) is 15.4 Å². The van der Waals surface area contributed by atoms with Crippen molar-refractivity contribution in [3.63, 3.8) is 0 Å². The summed E-state index contributed by atoms with van der Waals surface area (Å²) in [6, 6.07) is 7.51. The van der Waals surface area contributed by atoms with Gasteiger partial charge >= 0.3 is 12.2 Å². The number of benzene rings is 1. The summed E-state index contributed by atoms with van der Waals surface area (Å²) in [5, 5.41) is 8.19. The van der Waals surface area contributed by atoms with E-state index in [9.17, 15) is 14.4 Å². The largest absolute Gasteiger partial charge is 0.444 e. The van der Waals surface area contributed by atoms with Gasteiger partial charge < -0.3 is 14.8 Å². The molecule has 0 radical (unpaired) electrons. The van der Waals surface area contributed by atoms with Crippen molar-refractivity contribution in [3.05, 3.63) is 47.1 Å². The van der Waals surface area contributed by atoms with Crippen LogP contribution in [0.15, 0.2) is 36.5 Å². The molecular formula is C22H27ClN4O5. The van der Waals surface area contributed by atoms with Crippen LogP contribution in [0.1, 0.15) is 51.9 Å². The van der Waals surface area contributed by atoms with Crippen molar-refractivity contribution < 1.29 is 23.9 Å². The molecule has 0 aliphatic carbocycles. The number of hydrogen-bond donors (Lipinski definition) is 3. The van der Waals surface area contributed by atoms with Crippen LogP contribution < -0.4 is 16.0 Å². The van der Waals surface area contributed by atoms with E-state index in [1.807, 2.05) is 0 Å². The van der Waals surface area contributed by atoms with Crippen LogP contribution in [0.3, 0.4) is 0 Å². The summed E-state index contributed by atoms with van der Waals surface area (Å²) in [4.78, 5) is 41.2. The second-order valence-electron chi connectivity index (χ2n) is 8.83. The molecule has 0 aliphatic heterocycles. The topological polar surface area (TPSA) is 119 Å². The molecule has 0 bridgehead atoms. The first kappa shape index (κ1) is 24.9. The van der Waals surface area contributed by atoms with E-state index in [1.54, 1.807) is 53.7 Å². The van der Waals surface area contributed by atoms with E-state index in [4.69, 9.17) is 21.1 Å². The molecule has 0 aliphatic rings. The Morgan fingerprint density at radius 2 is 1.38 bits per heavy atom. The molecule has 3 amide bonds. The molecule has 32 heavy (non-hydrogen) atoms. The number of anilines is 3. The van der Waals surface area contributed by atoms with Crippen molar-refractivity contribution in [3.8, 4) is 0 Å². The SMILES string of the molecule is CC(C)(C)OC(=O)Nc1ccc(C(=O)Nc2ccc(Cl)cn2)cc1NC(=O)OC(C)(C)C. The lowest BCUT2D eigenvalue weighted by Gasteiger charge is -2.22. The summed E-state index contributed by atoms with van der Waals surface area (Å²) in [6.07, 6.45) is -0.0606. The Labute approximate surface area is 191 Å². The smallest absolute Gasteiger partial charge is 0.412 e. The summed E-state index contributed by atoms with van der Waals surface area (Å²) in [6.45, 7) is 10.3. The maximum atomic E-state index is 12.6. The highest BCUT2D eigenvalue weighted by Crippen LogP contribution is 2.26. The van der Waals surface area contributed by atoms with Crippen molar-refractivity contribution in [2.75, 3.05) is 16.0 Å². The quantitative estimate of drug-likeness (QED) is 0.537. The van der Waals surface area contributed by atoms with Crippen molar-refractivity contribution in [1.29, 1.82) is 0 Å². The average Bonchev–Trinajstić information content (AvgIpc) is 2.61. The molecule has 0 saturated heterocycles. The average molecular weight is 463 g/mol. The molecule has 0 fully saturated rings. The van der Waals surface area contributed by atoms with Crippen LogP contribution in [-0.4, -0.2) is 34.3 Å². The van der Waals surface area contributed by atoms with E-state index >= 15 is 0 Å². The zero-order valence-electron chi connectivity index (χ0n) is 18.8. The van der Waals surface area contributed by atoms with Gasteiger partial charge in [0.15, 0.2) is 0 Å². The first-order valence-electron chi connectivity index (χ1n) is 9.79. The molecule has 0 spiro atoms. The number of hydrogen-bond acceptors (Lipinski definition) is 6. The monoisotopic (exact) mass is 462 g/mol. The number of pyridine rings is 1. The van der Waals surface area contributed by atoms with Crippen molar-refractivity contribution in [2.45, 2.75) is 52.7 Å². The van der Waals surface area contributed by atoms with Crippen LogP contribution in [0.25, 0.3) is 0 Å². The van der Waals surface area contributed by atoms with Crippen molar-refractivity contribution >= 4 is 46.9 Å². The highest BCUT2D eigenvalue weighted by atomic mass is 35.5.